The van der Waals surface area contributed by atoms with Crippen LogP contribution in [0.25, 0.3) is 33.5 Å². The van der Waals surface area contributed by atoms with Crippen molar-refractivity contribution in [2.24, 2.45) is 0 Å². The van der Waals surface area contributed by atoms with E-state index >= 15 is 0 Å². The Bertz CT molecular complexity index is 1770. The number of aryl methyl sites for hydroxylation is 2. The number of amides is 1. The van der Waals surface area contributed by atoms with Gasteiger partial charge in [0.05, 0.1) is 11.0 Å². The van der Waals surface area contributed by atoms with Crippen LogP contribution in [-0.2, 0) is 6.54 Å². The average molecular weight is 515 g/mol. The van der Waals surface area contributed by atoms with Gasteiger partial charge in [-0.1, -0.05) is 60.7 Å². The van der Waals surface area contributed by atoms with E-state index in [4.69, 9.17) is 4.98 Å². The normalized spacial score (nSPS) is 11.2. The van der Waals surface area contributed by atoms with Crippen LogP contribution in [0.5, 0.6) is 0 Å². The van der Waals surface area contributed by atoms with Crippen molar-refractivity contribution in [2.45, 2.75) is 20.4 Å². The lowest BCUT2D eigenvalue weighted by Gasteiger charge is -2.18. The Hall–Kier alpha value is -5.18. The number of aromatic amines is 1. The summed E-state index contributed by atoms with van der Waals surface area (Å²) in [6.07, 6.45) is 0. The first-order valence-electron chi connectivity index (χ1n) is 12.6. The molecule has 0 atom stereocenters. The fourth-order valence-corrected chi connectivity index (χ4v) is 4.82. The Morgan fingerprint density at radius 3 is 2.38 bits per heavy atom. The third-order valence-electron chi connectivity index (χ3n) is 6.70. The maximum atomic E-state index is 13.7. The van der Waals surface area contributed by atoms with Crippen LogP contribution in [0.4, 0.5) is 5.82 Å². The van der Waals surface area contributed by atoms with Gasteiger partial charge in [0.25, 0.3) is 5.91 Å². The SMILES string of the molecule is Cc1cc(C)nc(N(C)C(=O)c2nc3ccccc3n2Cc2ccc(-c3ccccc3-c3nn[nH]n3)cc2)c1. The fraction of sp³-hybridized carbons (Fsp3) is 0.133. The molecule has 0 fully saturated rings. The number of hydrogen-bond acceptors (Lipinski definition) is 6. The molecule has 192 valence electrons. The summed E-state index contributed by atoms with van der Waals surface area (Å²) < 4.78 is 1.97. The lowest BCUT2D eigenvalue weighted by atomic mass is 9.98. The van der Waals surface area contributed by atoms with E-state index in [1.807, 2.05) is 79.1 Å². The van der Waals surface area contributed by atoms with Crippen LogP contribution in [-0.4, -0.2) is 48.1 Å². The zero-order chi connectivity index (χ0) is 26.9. The number of para-hydroxylation sites is 2. The minimum absolute atomic E-state index is 0.214. The molecule has 0 aliphatic carbocycles. The van der Waals surface area contributed by atoms with Gasteiger partial charge in [-0.2, -0.15) is 5.21 Å². The first-order valence-corrected chi connectivity index (χ1v) is 12.6. The van der Waals surface area contributed by atoms with Crippen molar-refractivity contribution in [3.63, 3.8) is 0 Å². The highest BCUT2D eigenvalue weighted by molar-refractivity contribution is 6.04. The number of tetrazole rings is 1. The summed E-state index contributed by atoms with van der Waals surface area (Å²) in [5.41, 5.74) is 7.56. The minimum Gasteiger partial charge on any atom is -0.315 e. The average Bonchev–Trinajstić information content (AvgIpc) is 3.61. The molecule has 1 amide bonds. The molecular weight excluding hydrogens is 488 g/mol. The third-order valence-corrected chi connectivity index (χ3v) is 6.70. The van der Waals surface area contributed by atoms with Gasteiger partial charge in [0, 0.05) is 24.8 Å². The van der Waals surface area contributed by atoms with Gasteiger partial charge >= 0.3 is 0 Å². The van der Waals surface area contributed by atoms with Crippen LogP contribution in [0, 0.1) is 13.8 Å². The number of carbonyl (C=O) groups excluding carboxylic acids is 1. The molecule has 0 aliphatic rings. The molecule has 6 aromatic rings. The second-order valence-electron chi connectivity index (χ2n) is 9.50. The molecule has 3 aromatic heterocycles. The van der Waals surface area contributed by atoms with Crippen molar-refractivity contribution in [1.82, 2.24) is 35.2 Å². The molecule has 3 aromatic carbocycles. The van der Waals surface area contributed by atoms with Gasteiger partial charge in [0.15, 0.2) is 0 Å². The van der Waals surface area contributed by atoms with E-state index in [-0.39, 0.29) is 5.91 Å². The summed E-state index contributed by atoms with van der Waals surface area (Å²) in [4.78, 5) is 24.6. The van der Waals surface area contributed by atoms with E-state index in [9.17, 15) is 4.79 Å². The zero-order valence-electron chi connectivity index (χ0n) is 21.8. The molecule has 9 nitrogen and oxygen atoms in total. The smallest absolute Gasteiger partial charge is 0.295 e. The molecule has 0 bridgehead atoms. The van der Waals surface area contributed by atoms with Crippen LogP contribution in [0.3, 0.4) is 0 Å². The van der Waals surface area contributed by atoms with E-state index < -0.39 is 0 Å². The number of fused-ring (bicyclic) bond motifs is 1. The maximum absolute atomic E-state index is 13.7. The van der Waals surface area contributed by atoms with Gasteiger partial charge in [-0.05, 0) is 65.6 Å². The van der Waals surface area contributed by atoms with Crippen LogP contribution in [0.1, 0.15) is 27.4 Å². The Balaban J connectivity index is 1.34. The van der Waals surface area contributed by atoms with Crippen molar-refractivity contribution in [3.8, 4) is 22.5 Å². The molecule has 0 aliphatic heterocycles. The Morgan fingerprint density at radius 2 is 1.64 bits per heavy atom. The number of nitrogens with zero attached hydrogens (tertiary/aromatic N) is 7. The van der Waals surface area contributed by atoms with Crippen molar-refractivity contribution in [1.29, 1.82) is 0 Å². The van der Waals surface area contributed by atoms with E-state index in [0.717, 1.165) is 44.5 Å². The van der Waals surface area contributed by atoms with Crippen LogP contribution in [0.2, 0.25) is 0 Å². The van der Waals surface area contributed by atoms with Crippen LogP contribution in [0.15, 0.2) is 84.9 Å². The summed E-state index contributed by atoms with van der Waals surface area (Å²) in [6.45, 7) is 4.41. The lowest BCUT2D eigenvalue weighted by molar-refractivity contribution is 0.0979. The number of anilines is 1. The number of aromatic nitrogens is 7. The molecule has 0 unspecified atom stereocenters. The third kappa shape index (κ3) is 4.66. The quantitative estimate of drug-likeness (QED) is 0.327. The number of imidazole rings is 1. The Kier molecular flexibility index (Phi) is 6.16. The van der Waals surface area contributed by atoms with Gasteiger partial charge in [-0.15, -0.1) is 10.2 Å². The van der Waals surface area contributed by atoms with Crippen molar-refractivity contribution < 1.29 is 4.79 Å². The predicted octanol–water partition coefficient (Wildman–Crippen LogP) is 5.22. The van der Waals surface area contributed by atoms with Crippen molar-refractivity contribution in [3.05, 3.63) is 108 Å². The molecule has 39 heavy (non-hydrogen) atoms. The second-order valence-corrected chi connectivity index (χ2v) is 9.50. The summed E-state index contributed by atoms with van der Waals surface area (Å²) in [5, 5.41) is 14.5. The first-order chi connectivity index (χ1) is 19.0. The Labute approximate surface area is 225 Å². The molecule has 3 heterocycles. The summed E-state index contributed by atoms with van der Waals surface area (Å²) in [5.74, 6) is 1.30. The highest BCUT2D eigenvalue weighted by Gasteiger charge is 2.23. The zero-order valence-corrected chi connectivity index (χ0v) is 21.8. The molecule has 0 saturated carbocycles. The number of H-pyrrole nitrogens is 1. The number of rotatable bonds is 6. The number of nitrogens with one attached hydrogen (secondary N) is 1. The van der Waals surface area contributed by atoms with Gasteiger partial charge < -0.3 is 4.57 Å². The van der Waals surface area contributed by atoms with Crippen molar-refractivity contribution >= 4 is 22.8 Å². The lowest BCUT2D eigenvalue weighted by Crippen LogP contribution is -2.30. The van der Waals surface area contributed by atoms with Crippen LogP contribution >= 0.6 is 0 Å². The van der Waals surface area contributed by atoms with Gasteiger partial charge in [-0.3, -0.25) is 9.69 Å². The largest absolute Gasteiger partial charge is 0.315 e. The molecule has 0 spiro atoms. The van der Waals surface area contributed by atoms with E-state index in [0.29, 0.717) is 24.0 Å². The Morgan fingerprint density at radius 1 is 0.897 bits per heavy atom. The summed E-state index contributed by atoms with van der Waals surface area (Å²) in [6, 6.07) is 27.9. The van der Waals surface area contributed by atoms with Gasteiger partial charge in [0.2, 0.25) is 11.6 Å². The van der Waals surface area contributed by atoms with Crippen molar-refractivity contribution in [2.75, 3.05) is 11.9 Å². The standard InChI is InChI=1S/C30H26N8O/c1-19-16-20(2)31-27(17-19)37(3)30(39)29-32-25-10-6-7-11-26(25)38(29)18-21-12-14-22(15-13-21)23-8-4-5-9-24(23)28-33-35-36-34-28/h4-17H,18H2,1-3H3,(H,33,34,35,36). The number of benzene rings is 3. The molecular formula is C30H26N8O. The number of pyridine rings is 1. The van der Waals surface area contributed by atoms with Crippen LogP contribution < -0.4 is 4.90 Å². The minimum atomic E-state index is -0.214. The highest BCUT2D eigenvalue weighted by atomic mass is 16.2. The van der Waals surface area contributed by atoms with Gasteiger partial charge in [0.1, 0.15) is 5.82 Å². The number of hydrogen-bond donors (Lipinski definition) is 1. The summed E-state index contributed by atoms with van der Waals surface area (Å²) >= 11 is 0. The van der Waals surface area contributed by atoms with E-state index in [1.54, 1.807) is 11.9 Å². The second kappa shape index (κ2) is 9.94. The molecule has 9 heteroatoms. The van der Waals surface area contributed by atoms with Gasteiger partial charge in [-0.25, -0.2) is 9.97 Å². The fourth-order valence-electron chi connectivity index (χ4n) is 4.82. The first kappa shape index (κ1) is 24.2. The molecule has 0 radical (unpaired) electrons. The molecule has 6 rings (SSSR count). The predicted molar refractivity (Wildman–Crippen MR) is 150 cm³/mol. The number of carbonyl (C=O) groups is 1. The topological polar surface area (TPSA) is 105 Å². The summed E-state index contributed by atoms with van der Waals surface area (Å²) in [7, 11) is 1.74. The monoisotopic (exact) mass is 514 g/mol. The van der Waals surface area contributed by atoms with E-state index in [2.05, 4.69) is 49.9 Å². The molecule has 1 N–H and O–H groups in total. The maximum Gasteiger partial charge on any atom is 0.295 e. The van der Waals surface area contributed by atoms with E-state index in [1.165, 1.54) is 0 Å². The highest BCUT2D eigenvalue weighted by Crippen LogP contribution is 2.30. The molecule has 0 saturated heterocycles.